The van der Waals surface area contributed by atoms with Crippen molar-refractivity contribution in [1.29, 1.82) is 0 Å². The molecule has 0 fully saturated rings. The second-order valence-electron chi connectivity index (χ2n) is 5.00. The first-order valence-corrected chi connectivity index (χ1v) is 7.34. The minimum absolute atomic E-state index is 0.0581. The van der Waals surface area contributed by atoms with Gasteiger partial charge in [-0.2, -0.15) is 0 Å². The fraction of sp³-hybridized carbons (Fsp3) is 0.200. The number of hydrogen-bond acceptors (Lipinski definition) is 4. The maximum atomic E-state index is 12.7. The van der Waals surface area contributed by atoms with Crippen LogP contribution in [-0.2, 0) is 0 Å². The zero-order chi connectivity index (χ0) is 15.0. The Morgan fingerprint density at radius 3 is 2.86 bits per heavy atom. The Hall–Kier alpha value is -2.08. The Morgan fingerprint density at radius 2 is 2.14 bits per heavy atom. The van der Waals surface area contributed by atoms with Gasteiger partial charge in [-0.25, -0.2) is 15.0 Å². The van der Waals surface area contributed by atoms with Crippen molar-refractivity contribution in [1.82, 2.24) is 19.5 Å². The molecular formula is C15H13BrN4O. The second kappa shape index (κ2) is 5.37. The van der Waals surface area contributed by atoms with Crippen LogP contribution in [0.25, 0.3) is 11.0 Å². The molecule has 3 heterocycles. The van der Waals surface area contributed by atoms with Crippen molar-refractivity contribution in [3.8, 4) is 0 Å². The highest BCUT2D eigenvalue weighted by Crippen LogP contribution is 2.24. The van der Waals surface area contributed by atoms with Crippen molar-refractivity contribution in [3.05, 3.63) is 52.8 Å². The van der Waals surface area contributed by atoms with Crippen LogP contribution in [0.15, 0.2) is 41.7 Å². The van der Waals surface area contributed by atoms with Crippen LogP contribution in [0.4, 0.5) is 0 Å². The van der Waals surface area contributed by atoms with Gasteiger partial charge < -0.3 is 4.57 Å². The summed E-state index contributed by atoms with van der Waals surface area (Å²) in [4.78, 5) is 25.1. The highest BCUT2D eigenvalue weighted by atomic mass is 79.9. The molecule has 6 heteroatoms. The molecule has 0 aliphatic heterocycles. The van der Waals surface area contributed by atoms with E-state index in [1.165, 1.54) is 6.33 Å². The molecule has 3 rings (SSSR count). The molecule has 0 N–H and O–H groups in total. The number of carbonyl (C=O) groups is 1. The monoisotopic (exact) mass is 344 g/mol. The zero-order valence-corrected chi connectivity index (χ0v) is 13.2. The molecule has 106 valence electrons. The van der Waals surface area contributed by atoms with Gasteiger partial charge >= 0.3 is 0 Å². The summed E-state index contributed by atoms with van der Waals surface area (Å²) in [6.07, 6.45) is 6.64. The number of pyridine rings is 1. The quantitative estimate of drug-likeness (QED) is 0.539. The van der Waals surface area contributed by atoms with Gasteiger partial charge in [0.2, 0.25) is 0 Å². The number of aromatic nitrogens is 4. The molecule has 3 aromatic rings. The third kappa shape index (κ3) is 2.47. The molecule has 0 aliphatic carbocycles. The van der Waals surface area contributed by atoms with Crippen LogP contribution in [0.1, 0.15) is 35.8 Å². The van der Waals surface area contributed by atoms with Crippen molar-refractivity contribution in [2.24, 2.45) is 0 Å². The Kier molecular flexibility index (Phi) is 3.55. The lowest BCUT2D eigenvalue weighted by molar-refractivity contribution is 0.104. The van der Waals surface area contributed by atoms with E-state index in [2.05, 4.69) is 44.7 Å². The number of ketones is 1. The summed E-state index contributed by atoms with van der Waals surface area (Å²) in [5.41, 5.74) is 1.97. The van der Waals surface area contributed by atoms with Crippen molar-refractivity contribution in [2.45, 2.75) is 19.9 Å². The van der Waals surface area contributed by atoms with E-state index < -0.39 is 0 Å². The van der Waals surface area contributed by atoms with Gasteiger partial charge in [0.15, 0.2) is 5.78 Å². The summed E-state index contributed by atoms with van der Waals surface area (Å²) in [5, 5.41) is 0.768. The highest BCUT2D eigenvalue weighted by molar-refractivity contribution is 9.10. The van der Waals surface area contributed by atoms with Crippen LogP contribution in [0.5, 0.6) is 0 Å². The Morgan fingerprint density at radius 1 is 1.33 bits per heavy atom. The van der Waals surface area contributed by atoms with E-state index in [-0.39, 0.29) is 11.8 Å². The fourth-order valence-electron chi connectivity index (χ4n) is 2.26. The van der Waals surface area contributed by atoms with Gasteiger partial charge in [-0.05, 0) is 41.9 Å². The van der Waals surface area contributed by atoms with E-state index in [9.17, 15) is 4.79 Å². The summed E-state index contributed by atoms with van der Waals surface area (Å²) in [7, 11) is 0. The Labute approximate surface area is 130 Å². The average Bonchev–Trinajstić information content (AvgIpc) is 2.86. The Balaban J connectivity index is 2.19. The zero-order valence-electron chi connectivity index (χ0n) is 11.6. The number of hydrogen-bond donors (Lipinski definition) is 0. The summed E-state index contributed by atoms with van der Waals surface area (Å²) >= 11 is 3.29. The normalized spacial score (nSPS) is 11.2. The lowest BCUT2D eigenvalue weighted by Crippen LogP contribution is -2.02. The molecule has 0 saturated heterocycles. The van der Waals surface area contributed by atoms with E-state index >= 15 is 0 Å². The first-order chi connectivity index (χ1) is 10.1. The maximum Gasteiger partial charge on any atom is 0.195 e. The Bertz CT molecular complexity index is 825. The average molecular weight is 345 g/mol. The van der Waals surface area contributed by atoms with E-state index in [0.717, 1.165) is 11.0 Å². The number of carbonyl (C=O) groups excluding carboxylic acids is 1. The summed E-state index contributed by atoms with van der Waals surface area (Å²) in [6, 6.07) is 3.63. The lowest BCUT2D eigenvalue weighted by atomic mass is 10.1. The molecule has 5 nitrogen and oxygen atoms in total. The van der Waals surface area contributed by atoms with Crippen LogP contribution in [0.3, 0.4) is 0 Å². The molecule has 0 aliphatic rings. The van der Waals surface area contributed by atoms with E-state index in [1.54, 1.807) is 24.5 Å². The number of rotatable bonds is 3. The van der Waals surface area contributed by atoms with Crippen molar-refractivity contribution < 1.29 is 4.79 Å². The number of nitrogens with zero attached hydrogens (tertiary/aromatic N) is 4. The predicted octanol–water partition coefficient (Wildman–Crippen LogP) is 3.40. The van der Waals surface area contributed by atoms with Crippen LogP contribution in [0, 0.1) is 0 Å². The van der Waals surface area contributed by atoms with E-state index in [0.29, 0.717) is 15.7 Å². The fourth-order valence-corrected chi connectivity index (χ4v) is 2.63. The van der Waals surface area contributed by atoms with Gasteiger partial charge in [-0.15, -0.1) is 0 Å². The molecule has 0 bridgehead atoms. The standard InChI is InChI=1S/C15H13BrN4O/c1-9(2)20-7-12(11-6-17-8-19-15(11)20)14(21)10-3-4-18-13(16)5-10/h3-9H,1-2H3. The molecule has 0 spiro atoms. The first kappa shape index (κ1) is 13.9. The van der Waals surface area contributed by atoms with Gasteiger partial charge in [-0.1, -0.05) is 0 Å². The molecule has 0 atom stereocenters. The van der Waals surface area contributed by atoms with Crippen LogP contribution >= 0.6 is 15.9 Å². The van der Waals surface area contributed by atoms with Crippen LogP contribution < -0.4 is 0 Å². The van der Waals surface area contributed by atoms with Gasteiger partial charge in [0.1, 0.15) is 16.6 Å². The minimum atomic E-state index is -0.0581. The molecule has 0 aromatic carbocycles. The largest absolute Gasteiger partial charge is 0.329 e. The SMILES string of the molecule is CC(C)n1cc(C(=O)c2ccnc(Br)c2)c2cncnc21. The smallest absolute Gasteiger partial charge is 0.195 e. The topological polar surface area (TPSA) is 60.7 Å². The van der Waals surface area contributed by atoms with Crippen LogP contribution in [0.2, 0.25) is 0 Å². The van der Waals surface area contributed by atoms with Gasteiger partial charge in [0.05, 0.1) is 5.56 Å². The molecule has 21 heavy (non-hydrogen) atoms. The molecule has 0 amide bonds. The molecule has 0 radical (unpaired) electrons. The third-order valence-corrected chi connectivity index (χ3v) is 3.72. The van der Waals surface area contributed by atoms with Crippen molar-refractivity contribution >= 4 is 32.7 Å². The maximum absolute atomic E-state index is 12.7. The van der Waals surface area contributed by atoms with Gasteiger partial charge in [0.25, 0.3) is 0 Å². The lowest BCUT2D eigenvalue weighted by Gasteiger charge is -2.07. The van der Waals surface area contributed by atoms with E-state index in [4.69, 9.17) is 0 Å². The van der Waals surface area contributed by atoms with E-state index in [1.807, 2.05) is 10.8 Å². The number of fused-ring (bicyclic) bond motifs is 1. The molecular weight excluding hydrogens is 332 g/mol. The third-order valence-electron chi connectivity index (χ3n) is 3.28. The molecule has 0 unspecified atom stereocenters. The summed E-state index contributed by atoms with van der Waals surface area (Å²) in [6.45, 7) is 4.11. The summed E-state index contributed by atoms with van der Waals surface area (Å²) in [5.74, 6) is -0.0581. The minimum Gasteiger partial charge on any atom is -0.329 e. The summed E-state index contributed by atoms with van der Waals surface area (Å²) < 4.78 is 2.62. The predicted molar refractivity (Wildman–Crippen MR) is 83.3 cm³/mol. The van der Waals surface area contributed by atoms with Gasteiger partial charge in [0, 0.05) is 35.6 Å². The van der Waals surface area contributed by atoms with Crippen molar-refractivity contribution in [3.63, 3.8) is 0 Å². The second-order valence-corrected chi connectivity index (χ2v) is 5.81. The molecule has 0 saturated carbocycles. The van der Waals surface area contributed by atoms with Crippen molar-refractivity contribution in [2.75, 3.05) is 0 Å². The van der Waals surface area contributed by atoms with Crippen LogP contribution in [-0.4, -0.2) is 25.3 Å². The number of halogens is 1. The highest BCUT2D eigenvalue weighted by Gasteiger charge is 2.19. The van der Waals surface area contributed by atoms with Gasteiger partial charge in [-0.3, -0.25) is 4.79 Å². The molecule has 3 aromatic heterocycles. The first-order valence-electron chi connectivity index (χ1n) is 6.54.